The predicted molar refractivity (Wildman–Crippen MR) is 67.7 cm³/mol. The SMILES string of the molecule is CN(CCC(=O)O)C(=O)c1cccc2c1CCC2. The summed E-state index contributed by atoms with van der Waals surface area (Å²) in [6, 6.07) is 5.81. The molecule has 0 fully saturated rings. The molecule has 0 spiro atoms. The molecule has 1 N–H and O–H groups in total. The molecule has 0 saturated heterocycles. The van der Waals surface area contributed by atoms with Crippen LogP contribution in [0, 0.1) is 0 Å². The number of carboxylic acids is 1. The van der Waals surface area contributed by atoms with Gasteiger partial charge in [0.05, 0.1) is 6.42 Å². The van der Waals surface area contributed by atoms with Crippen molar-refractivity contribution in [3.8, 4) is 0 Å². The van der Waals surface area contributed by atoms with E-state index in [4.69, 9.17) is 5.11 Å². The number of hydrogen-bond acceptors (Lipinski definition) is 2. The van der Waals surface area contributed by atoms with Crippen molar-refractivity contribution in [3.63, 3.8) is 0 Å². The fraction of sp³-hybridized carbons (Fsp3) is 0.429. The summed E-state index contributed by atoms with van der Waals surface area (Å²) in [7, 11) is 1.65. The Labute approximate surface area is 106 Å². The third kappa shape index (κ3) is 2.53. The van der Waals surface area contributed by atoms with Crippen LogP contribution in [0.15, 0.2) is 18.2 Å². The summed E-state index contributed by atoms with van der Waals surface area (Å²) in [5.41, 5.74) is 3.13. The summed E-state index contributed by atoms with van der Waals surface area (Å²) in [6.45, 7) is 0.248. The van der Waals surface area contributed by atoms with E-state index in [-0.39, 0.29) is 18.9 Å². The van der Waals surface area contributed by atoms with Gasteiger partial charge in [0.25, 0.3) is 5.91 Å². The highest BCUT2D eigenvalue weighted by Gasteiger charge is 2.21. The molecular weight excluding hydrogens is 230 g/mol. The molecule has 1 aromatic carbocycles. The average molecular weight is 247 g/mol. The second kappa shape index (κ2) is 5.21. The summed E-state index contributed by atoms with van der Waals surface area (Å²) in [6.07, 6.45) is 3.06. The number of aliphatic carboxylic acids is 1. The molecule has 0 radical (unpaired) electrons. The molecule has 18 heavy (non-hydrogen) atoms. The number of carboxylic acid groups (broad SMARTS) is 1. The van der Waals surface area contributed by atoms with Crippen LogP contribution in [0.3, 0.4) is 0 Å². The molecule has 4 nitrogen and oxygen atoms in total. The zero-order valence-electron chi connectivity index (χ0n) is 10.5. The van der Waals surface area contributed by atoms with Gasteiger partial charge in [0.15, 0.2) is 0 Å². The molecule has 0 saturated carbocycles. The number of rotatable bonds is 4. The van der Waals surface area contributed by atoms with E-state index < -0.39 is 5.97 Å². The first-order valence-electron chi connectivity index (χ1n) is 6.17. The summed E-state index contributed by atoms with van der Waals surface area (Å²) in [5, 5.41) is 8.63. The first-order chi connectivity index (χ1) is 8.59. The van der Waals surface area contributed by atoms with Crippen molar-refractivity contribution in [1.29, 1.82) is 0 Å². The van der Waals surface area contributed by atoms with E-state index in [2.05, 4.69) is 6.07 Å². The van der Waals surface area contributed by atoms with Crippen LogP contribution in [-0.2, 0) is 17.6 Å². The van der Waals surface area contributed by atoms with Crippen LogP contribution in [0.5, 0.6) is 0 Å². The van der Waals surface area contributed by atoms with Crippen molar-refractivity contribution in [3.05, 3.63) is 34.9 Å². The van der Waals surface area contributed by atoms with Gasteiger partial charge >= 0.3 is 5.97 Å². The first kappa shape index (κ1) is 12.6. The highest BCUT2D eigenvalue weighted by molar-refractivity contribution is 5.96. The molecular formula is C14H17NO3. The quantitative estimate of drug-likeness (QED) is 0.881. The van der Waals surface area contributed by atoms with Crippen molar-refractivity contribution < 1.29 is 14.7 Å². The van der Waals surface area contributed by atoms with E-state index in [9.17, 15) is 9.59 Å². The lowest BCUT2D eigenvalue weighted by Crippen LogP contribution is -2.29. The predicted octanol–water partition coefficient (Wildman–Crippen LogP) is 1.72. The summed E-state index contributed by atoms with van der Waals surface area (Å²) < 4.78 is 0. The number of aryl methyl sites for hydroxylation is 1. The Bertz CT molecular complexity index is 482. The Kier molecular flexibility index (Phi) is 3.65. The molecule has 0 aromatic heterocycles. The van der Waals surface area contributed by atoms with Crippen LogP contribution < -0.4 is 0 Å². The van der Waals surface area contributed by atoms with Crippen molar-refractivity contribution in [2.45, 2.75) is 25.7 Å². The molecule has 1 amide bonds. The van der Waals surface area contributed by atoms with Gasteiger partial charge in [0.1, 0.15) is 0 Å². The standard InChI is InChI=1S/C14H17NO3/c1-15(9-8-13(16)17)14(18)12-7-3-5-10-4-2-6-11(10)12/h3,5,7H,2,4,6,8-9H2,1H3,(H,16,17). The van der Waals surface area contributed by atoms with Crippen LogP contribution in [0.1, 0.15) is 34.3 Å². The molecule has 0 unspecified atom stereocenters. The fourth-order valence-electron chi connectivity index (χ4n) is 2.39. The maximum absolute atomic E-state index is 12.2. The minimum atomic E-state index is -0.882. The molecule has 0 atom stereocenters. The molecule has 1 aromatic rings. The zero-order valence-corrected chi connectivity index (χ0v) is 10.5. The molecule has 2 rings (SSSR count). The van der Waals surface area contributed by atoms with E-state index in [1.54, 1.807) is 7.05 Å². The molecule has 1 aliphatic rings. The number of hydrogen-bond donors (Lipinski definition) is 1. The van der Waals surface area contributed by atoms with Gasteiger partial charge in [-0.15, -0.1) is 0 Å². The van der Waals surface area contributed by atoms with Crippen LogP contribution >= 0.6 is 0 Å². The number of nitrogens with zero attached hydrogens (tertiary/aromatic N) is 1. The largest absolute Gasteiger partial charge is 0.481 e. The van der Waals surface area contributed by atoms with Gasteiger partial charge in [-0.3, -0.25) is 9.59 Å². The topological polar surface area (TPSA) is 57.6 Å². The molecule has 96 valence electrons. The van der Waals surface area contributed by atoms with Gasteiger partial charge in [0, 0.05) is 19.2 Å². The van der Waals surface area contributed by atoms with Crippen molar-refractivity contribution in [2.24, 2.45) is 0 Å². The minimum absolute atomic E-state index is 0.0166. The highest BCUT2D eigenvalue weighted by atomic mass is 16.4. The lowest BCUT2D eigenvalue weighted by Gasteiger charge is -2.18. The second-order valence-electron chi connectivity index (χ2n) is 4.67. The van der Waals surface area contributed by atoms with Crippen LogP contribution in [0.25, 0.3) is 0 Å². The van der Waals surface area contributed by atoms with Gasteiger partial charge in [0.2, 0.25) is 0 Å². The number of carbonyl (C=O) groups excluding carboxylic acids is 1. The highest BCUT2D eigenvalue weighted by Crippen LogP contribution is 2.25. The van der Waals surface area contributed by atoms with Gasteiger partial charge < -0.3 is 10.0 Å². The van der Waals surface area contributed by atoms with E-state index in [1.807, 2.05) is 12.1 Å². The van der Waals surface area contributed by atoms with Gasteiger partial charge in [-0.1, -0.05) is 12.1 Å². The number of fused-ring (bicyclic) bond motifs is 1. The summed E-state index contributed by atoms with van der Waals surface area (Å²) >= 11 is 0. The molecule has 0 bridgehead atoms. The Morgan fingerprint density at radius 3 is 2.83 bits per heavy atom. The van der Waals surface area contributed by atoms with Crippen LogP contribution in [-0.4, -0.2) is 35.5 Å². The Morgan fingerprint density at radius 1 is 1.33 bits per heavy atom. The number of benzene rings is 1. The molecule has 1 aliphatic carbocycles. The van der Waals surface area contributed by atoms with Crippen molar-refractivity contribution >= 4 is 11.9 Å². The summed E-state index contributed by atoms with van der Waals surface area (Å²) in [4.78, 5) is 24.3. The van der Waals surface area contributed by atoms with E-state index in [0.29, 0.717) is 0 Å². The maximum atomic E-state index is 12.2. The van der Waals surface area contributed by atoms with Crippen LogP contribution in [0.4, 0.5) is 0 Å². The van der Waals surface area contributed by atoms with E-state index >= 15 is 0 Å². The third-order valence-electron chi connectivity index (χ3n) is 3.38. The Hall–Kier alpha value is -1.84. The van der Waals surface area contributed by atoms with E-state index in [1.165, 1.54) is 10.5 Å². The molecule has 0 aliphatic heterocycles. The average Bonchev–Trinajstić information content (AvgIpc) is 2.82. The Morgan fingerprint density at radius 2 is 2.11 bits per heavy atom. The second-order valence-corrected chi connectivity index (χ2v) is 4.67. The van der Waals surface area contributed by atoms with Crippen molar-refractivity contribution in [2.75, 3.05) is 13.6 Å². The Balaban J connectivity index is 2.14. The maximum Gasteiger partial charge on any atom is 0.305 e. The summed E-state index contributed by atoms with van der Waals surface area (Å²) in [5.74, 6) is -0.956. The van der Waals surface area contributed by atoms with Gasteiger partial charge in [-0.05, 0) is 36.5 Å². The first-order valence-corrected chi connectivity index (χ1v) is 6.17. The number of carbonyl (C=O) groups is 2. The van der Waals surface area contributed by atoms with E-state index in [0.717, 1.165) is 30.4 Å². The third-order valence-corrected chi connectivity index (χ3v) is 3.38. The monoisotopic (exact) mass is 247 g/mol. The fourth-order valence-corrected chi connectivity index (χ4v) is 2.39. The molecule has 0 heterocycles. The number of amides is 1. The normalized spacial score (nSPS) is 13.2. The van der Waals surface area contributed by atoms with Gasteiger partial charge in [-0.2, -0.15) is 0 Å². The lowest BCUT2D eigenvalue weighted by molar-refractivity contribution is -0.137. The van der Waals surface area contributed by atoms with Crippen LogP contribution in [0.2, 0.25) is 0 Å². The van der Waals surface area contributed by atoms with Crippen molar-refractivity contribution in [1.82, 2.24) is 4.90 Å². The van der Waals surface area contributed by atoms with Gasteiger partial charge in [-0.25, -0.2) is 0 Å². The minimum Gasteiger partial charge on any atom is -0.481 e. The molecule has 4 heteroatoms. The lowest BCUT2D eigenvalue weighted by atomic mass is 10.0. The zero-order chi connectivity index (χ0) is 13.1. The smallest absolute Gasteiger partial charge is 0.305 e.